The van der Waals surface area contributed by atoms with Crippen molar-refractivity contribution in [2.45, 2.75) is 44.2 Å². The molecule has 3 aromatic rings. The number of benzene rings is 1. The average molecular weight is 447 g/mol. The monoisotopic (exact) mass is 446 g/mol. The molecule has 0 bridgehead atoms. The van der Waals surface area contributed by atoms with E-state index in [1.54, 1.807) is 0 Å². The quantitative estimate of drug-likeness (QED) is 0.555. The van der Waals surface area contributed by atoms with Gasteiger partial charge in [-0.3, -0.25) is 14.3 Å². The SMILES string of the molecule is FCCCN1CC[C@H](Oc2ccc([C@@H]3c4[nH]c5ccccc5c4CCN3C3=CCC3)nc2)C1. The number of fused-ring (bicyclic) bond motifs is 3. The van der Waals surface area contributed by atoms with Gasteiger partial charge in [0.15, 0.2) is 0 Å². The van der Waals surface area contributed by atoms with Gasteiger partial charge >= 0.3 is 0 Å². The molecule has 0 radical (unpaired) electrons. The number of para-hydroxylation sites is 1. The van der Waals surface area contributed by atoms with Crippen LogP contribution in [0.2, 0.25) is 0 Å². The van der Waals surface area contributed by atoms with E-state index in [-0.39, 0.29) is 18.8 Å². The second kappa shape index (κ2) is 8.82. The van der Waals surface area contributed by atoms with Crippen molar-refractivity contribution in [3.63, 3.8) is 0 Å². The molecule has 2 aromatic heterocycles. The lowest BCUT2D eigenvalue weighted by Gasteiger charge is -2.41. The van der Waals surface area contributed by atoms with Crippen molar-refractivity contribution in [2.75, 3.05) is 32.9 Å². The predicted octanol–water partition coefficient (Wildman–Crippen LogP) is 5.00. The van der Waals surface area contributed by atoms with E-state index in [4.69, 9.17) is 9.72 Å². The number of allylic oxidation sites excluding steroid dienone is 2. The van der Waals surface area contributed by atoms with Gasteiger partial charge in [0.05, 0.1) is 18.6 Å². The van der Waals surface area contributed by atoms with Crippen LogP contribution in [-0.2, 0) is 6.42 Å². The number of likely N-dealkylation sites (tertiary alicyclic amines) is 1. The molecular formula is C27H31FN4O. The molecule has 0 unspecified atom stereocenters. The van der Waals surface area contributed by atoms with E-state index in [0.717, 1.165) is 56.9 Å². The van der Waals surface area contributed by atoms with Crippen molar-refractivity contribution in [3.8, 4) is 5.75 Å². The van der Waals surface area contributed by atoms with E-state index in [1.165, 1.54) is 34.3 Å². The number of ether oxygens (including phenoxy) is 1. The van der Waals surface area contributed by atoms with Gasteiger partial charge in [0, 0.05) is 48.5 Å². The first-order valence-electron chi connectivity index (χ1n) is 12.3. The molecule has 2 atom stereocenters. The molecule has 0 saturated carbocycles. The van der Waals surface area contributed by atoms with Gasteiger partial charge in [0.25, 0.3) is 0 Å². The van der Waals surface area contributed by atoms with Crippen molar-refractivity contribution >= 4 is 10.9 Å². The van der Waals surface area contributed by atoms with Crippen LogP contribution in [0.4, 0.5) is 4.39 Å². The maximum Gasteiger partial charge on any atom is 0.138 e. The number of aromatic nitrogens is 2. The van der Waals surface area contributed by atoms with Gasteiger partial charge in [-0.15, -0.1) is 0 Å². The lowest BCUT2D eigenvalue weighted by atomic mass is 9.92. The summed E-state index contributed by atoms with van der Waals surface area (Å²) in [6.45, 7) is 3.42. The molecule has 1 aliphatic carbocycles. The number of nitrogens with zero attached hydrogens (tertiary/aromatic N) is 3. The molecule has 4 heterocycles. The van der Waals surface area contributed by atoms with Crippen molar-refractivity contribution in [1.29, 1.82) is 0 Å². The van der Waals surface area contributed by atoms with E-state index in [1.807, 2.05) is 6.20 Å². The molecule has 3 aliphatic rings. The van der Waals surface area contributed by atoms with Crippen LogP contribution in [0.3, 0.4) is 0 Å². The van der Waals surface area contributed by atoms with Crippen LogP contribution in [0.15, 0.2) is 54.4 Å². The lowest BCUT2D eigenvalue weighted by Crippen LogP contribution is -2.37. The molecule has 0 spiro atoms. The minimum atomic E-state index is -0.249. The normalized spacial score (nSPS) is 22.8. The molecule has 1 saturated heterocycles. The topological polar surface area (TPSA) is 44.4 Å². The zero-order valence-electron chi connectivity index (χ0n) is 19.0. The van der Waals surface area contributed by atoms with Crippen LogP contribution in [0.5, 0.6) is 5.75 Å². The molecule has 6 heteroatoms. The Balaban J connectivity index is 1.25. The second-order valence-electron chi connectivity index (χ2n) is 9.43. The Labute approximate surface area is 194 Å². The number of nitrogens with one attached hydrogen (secondary N) is 1. The number of rotatable bonds is 7. The maximum absolute atomic E-state index is 12.5. The van der Waals surface area contributed by atoms with Crippen molar-refractivity contribution in [3.05, 3.63) is 71.3 Å². The summed E-state index contributed by atoms with van der Waals surface area (Å²) in [5.41, 5.74) is 6.39. The highest BCUT2D eigenvalue weighted by Crippen LogP contribution is 2.42. The van der Waals surface area contributed by atoms with Gasteiger partial charge in [0.1, 0.15) is 17.9 Å². The minimum Gasteiger partial charge on any atom is -0.487 e. The Morgan fingerprint density at radius 3 is 2.82 bits per heavy atom. The second-order valence-corrected chi connectivity index (χ2v) is 9.43. The van der Waals surface area contributed by atoms with Gasteiger partial charge in [-0.25, -0.2) is 0 Å². The number of halogens is 1. The fourth-order valence-corrected chi connectivity index (χ4v) is 5.59. The third-order valence-electron chi connectivity index (χ3n) is 7.36. The third kappa shape index (κ3) is 3.90. The van der Waals surface area contributed by atoms with Crippen molar-refractivity contribution in [1.82, 2.24) is 19.8 Å². The lowest BCUT2D eigenvalue weighted by molar-refractivity contribution is 0.197. The summed E-state index contributed by atoms with van der Waals surface area (Å²) in [6, 6.07) is 12.9. The van der Waals surface area contributed by atoms with Gasteiger partial charge in [-0.2, -0.15) is 0 Å². The summed E-state index contributed by atoms with van der Waals surface area (Å²) in [5.74, 6) is 0.818. The number of aromatic amines is 1. The van der Waals surface area contributed by atoms with E-state index < -0.39 is 0 Å². The molecule has 0 amide bonds. The van der Waals surface area contributed by atoms with Crippen LogP contribution in [0.25, 0.3) is 10.9 Å². The Morgan fingerprint density at radius 2 is 2.03 bits per heavy atom. The summed E-state index contributed by atoms with van der Waals surface area (Å²) in [7, 11) is 0. The maximum atomic E-state index is 12.5. The van der Waals surface area contributed by atoms with Gasteiger partial charge < -0.3 is 14.6 Å². The Bertz CT molecular complexity index is 1150. The van der Waals surface area contributed by atoms with E-state index in [0.29, 0.717) is 6.42 Å². The molecule has 5 nitrogen and oxygen atoms in total. The molecule has 1 aromatic carbocycles. The van der Waals surface area contributed by atoms with Crippen LogP contribution in [0, 0.1) is 0 Å². The number of pyridine rings is 1. The van der Waals surface area contributed by atoms with E-state index in [9.17, 15) is 4.39 Å². The van der Waals surface area contributed by atoms with E-state index in [2.05, 4.69) is 57.3 Å². The number of H-pyrrole nitrogens is 1. The first-order valence-corrected chi connectivity index (χ1v) is 12.3. The standard InChI is InChI=1S/C27H31FN4O/c28-13-4-14-31-15-11-21(18-31)33-20-9-10-25(29-17-20)27-26-23(12-16-32(27)19-5-3-6-19)22-7-1-2-8-24(22)30-26/h1-2,5,7-10,17,21,27,30H,3-4,6,11-16,18H2/t21-,27+/m0/s1. The number of hydrogen-bond acceptors (Lipinski definition) is 4. The summed E-state index contributed by atoms with van der Waals surface area (Å²) in [5, 5.41) is 1.33. The average Bonchev–Trinajstić information content (AvgIpc) is 3.41. The highest BCUT2D eigenvalue weighted by molar-refractivity contribution is 5.85. The fourth-order valence-electron chi connectivity index (χ4n) is 5.59. The van der Waals surface area contributed by atoms with Gasteiger partial charge in [-0.1, -0.05) is 24.3 Å². The van der Waals surface area contributed by atoms with Crippen molar-refractivity contribution in [2.24, 2.45) is 0 Å². The summed E-state index contributed by atoms with van der Waals surface area (Å²) >= 11 is 0. The molecular weight excluding hydrogens is 415 g/mol. The van der Waals surface area contributed by atoms with Gasteiger partial charge in [-0.05, 0) is 55.9 Å². The zero-order chi connectivity index (χ0) is 22.2. The fraction of sp³-hybridized carbons (Fsp3) is 0.444. The first kappa shape index (κ1) is 20.7. The highest BCUT2D eigenvalue weighted by Gasteiger charge is 2.34. The Morgan fingerprint density at radius 1 is 1.12 bits per heavy atom. The zero-order valence-corrected chi connectivity index (χ0v) is 19.0. The highest BCUT2D eigenvalue weighted by atomic mass is 19.1. The van der Waals surface area contributed by atoms with Crippen LogP contribution in [-0.4, -0.2) is 58.7 Å². The Hall–Kier alpha value is -2.86. The molecule has 6 rings (SSSR count). The summed E-state index contributed by atoms with van der Waals surface area (Å²) < 4.78 is 18.7. The Kier molecular flexibility index (Phi) is 5.54. The molecule has 2 aliphatic heterocycles. The molecule has 1 N–H and O–H groups in total. The summed E-state index contributed by atoms with van der Waals surface area (Å²) in [6.07, 6.45) is 9.34. The largest absolute Gasteiger partial charge is 0.487 e. The molecule has 33 heavy (non-hydrogen) atoms. The summed E-state index contributed by atoms with van der Waals surface area (Å²) in [4.78, 5) is 13.4. The predicted molar refractivity (Wildman–Crippen MR) is 128 cm³/mol. The van der Waals surface area contributed by atoms with Crippen LogP contribution in [0.1, 0.15) is 48.7 Å². The number of hydrogen-bond donors (Lipinski definition) is 1. The van der Waals surface area contributed by atoms with Crippen LogP contribution < -0.4 is 4.74 Å². The first-order chi connectivity index (χ1) is 16.3. The minimum absolute atomic E-state index is 0.101. The molecule has 172 valence electrons. The third-order valence-corrected chi connectivity index (χ3v) is 7.36. The van der Waals surface area contributed by atoms with Gasteiger partial charge in [0.2, 0.25) is 0 Å². The smallest absolute Gasteiger partial charge is 0.138 e. The number of alkyl halides is 1. The van der Waals surface area contributed by atoms with Crippen molar-refractivity contribution < 1.29 is 9.13 Å². The molecule has 1 fully saturated rings. The van der Waals surface area contributed by atoms with E-state index >= 15 is 0 Å². The van der Waals surface area contributed by atoms with Crippen LogP contribution >= 0.6 is 0 Å².